The molecule has 5 heterocycles. The quantitative estimate of drug-likeness (QED) is 0.337. The van der Waals surface area contributed by atoms with Crippen molar-refractivity contribution >= 4 is 5.95 Å². The molecule has 4 aromatic heterocycles. The maximum atomic E-state index is 9.91. The summed E-state index contributed by atoms with van der Waals surface area (Å²) in [6.45, 7) is 20.2. The number of rotatable bonds is 0. The summed E-state index contributed by atoms with van der Waals surface area (Å²) >= 11 is 0. The summed E-state index contributed by atoms with van der Waals surface area (Å²) in [4.78, 5) is 23.0. The third-order valence-electron chi connectivity index (χ3n) is 7.68. The molecule has 0 saturated heterocycles. The van der Waals surface area contributed by atoms with Crippen LogP contribution in [0.15, 0.2) is 48.8 Å². The van der Waals surface area contributed by atoms with Gasteiger partial charge in [0.25, 0.3) is 0 Å². The predicted octanol–water partition coefficient (Wildman–Crippen LogP) is 5.17. The summed E-state index contributed by atoms with van der Waals surface area (Å²) in [5, 5.41) is 9.91. The van der Waals surface area contributed by atoms with E-state index >= 15 is 0 Å². The molecule has 0 atom stereocenters. The fourth-order valence-corrected chi connectivity index (χ4v) is 4.44. The van der Waals surface area contributed by atoms with Crippen LogP contribution < -0.4 is 0 Å². The highest BCUT2D eigenvalue weighted by Gasteiger charge is 2.45. The summed E-state index contributed by atoms with van der Waals surface area (Å²) in [6, 6.07) is 13.8. The molecule has 5 rings (SSSR count). The minimum absolute atomic E-state index is 0.252. The van der Waals surface area contributed by atoms with Gasteiger partial charge in [-0.05, 0) is 38.1 Å². The third-order valence-corrected chi connectivity index (χ3v) is 7.68. The van der Waals surface area contributed by atoms with Crippen LogP contribution in [0.2, 0.25) is 0 Å². The number of nitrogens with zero attached hydrogens (tertiary/aromatic N) is 8. The molecule has 4 aromatic rings. The van der Waals surface area contributed by atoms with Gasteiger partial charge in [0.1, 0.15) is 17.6 Å². The van der Waals surface area contributed by atoms with Crippen LogP contribution in [0.25, 0.3) is 16.5 Å². The first kappa shape index (κ1) is 22.5. The Morgan fingerprint density at radius 2 is 1.26 bits per heavy atom. The molecule has 0 saturated carbocycles. The largest absolute Gasteiger partial charge is 0.396 e. The van der Waals surface area contributed by atoms with Crippen LogP contribution in [0.5, 0.6) is 0 Å². The standard InChI is InChI=1S/C27H26N8/c1-25(2)17-10-8-12-21(30-17)34-15-19(32-23(34)14-28)26(3,4)27(5,6)20-16-35(24(29-7)33-20)22-13-9-11-18(25)31-22/h8-13,15-16H,1-6H3. The van der Waals surface area contributed by atoms with Crippen LogP contribution in [0, 0.1) is 17.9 Å². The van der Waals surface area contributed by atoms with Crippen molar-refractivity contribution in [3.63, 3.8) is 0 Å². The van der Waals surface area contributed by atoms with E-state index in [1.807, 2.05) is 48.8 Å². The average Bonchev–Trinajstić information content (AvgIpc) is 3.49. The molecule has 8 heteroatoms. The molecule has 174 valence electrons. The molecule has 0 fully saturated rings. The van der Waals surface area contributed by atoms with Crippen LogP contribution >= 0.6 is 0 Å². The Labute approximate surface area is 204 Å². The smallest absolute Gasteiger partial charge is 0.345 e. The van der Waals surface area contributed by atoms with E-state index in [9.17, 15) is 5.26 Å². The van der Waals surface area contributed by atoms with Gasteiger partial charge in [0.15, 0.2) is 5.82 Å². The second-order valence-corrected chi connectivity index (χ2v) is 10.5. The van der Waals surface area contributed by atoms with Gasteiger partial charge in [-0.25, -0.2) is 19.5 Å². The van der Waals surface area contributed by atoms with Crippen molar-refractivity contribution < 1.29 is 0 Å². The normalized spacial score (nSPS) is 16.9. The van der Waals surface area contributed by atoms with Crippen LogP contribution in [-0.2, 0) is 16.2 Å². The SMILES string of the molecule is [C-]#[N+]c1nc2cn1-c1cccc(n1)C(C)(C)c1cccc(n1)-n1cc(nc1C#N)C(C)(C)C2(C)C. The molecule has 0 N–H and O–H groups in total. The average molecular weight is 463 g/mol. The van der Waals surface area contributed by atoms with Gasteiger partial charge in [0.05, 0.1) is 23.3 Å². The van der Waals surface area contributed by atoms with E-state index in [0.717, 1.165) is 22.8 Å². The minimum Gasteiger partial charge on any atom is -0.396 e. The van der Waals surface area contributed by atoms with Crippen molar-refractivity contribution in [2.45, 2.75) is 57.8 Å². The fourth-order valence-electron chi connectivity index (χ4n) is 4.44. The van der Waals surface area contributed by atoms with Crippen LogP contribution in [-0.4, -0.2) is 29.1 Å². The van der Waals surface area contributed by atoms with E-state index in [1.54, 1.807) is 9.13 Å². The fraction of sp³-hybridized carbons (Fsp3) is 0.333. The second kappa shape index (κ2) is 7.35. The van der Waals surface area contributed by atoms with Crippen LogP contribution in [0.4, 0.5) is 5.95 Å². The molecule has 1 aliphatic heterocycles. The minimum atomic E-state index is -0.539. The van der Waals surface area contributed by atoms with Crippen molar-refractivity contribution in [2.75, 3.05) is 0 Å². The Morgan fingerprint density at radius 1 is 0.743 bits per heavy atom. The second-order valence-electron chi connectivity index (χ2n) is 10.5. The number of aromatic nitrogens is 6. The molecule has 0 radical (unpaired) electrons. The van der Waals surface area contributed by atoms with E-state index in [4.69, 9.17) is 26.5 Å². The van der Waals surface area contributed by atoms with Crippen molar-refractivity contribution in [2.24, 2.45) is 0 Å². The third kappa shape index (κ3) is 3.18. The number of pyridine rings is 2. The summed E-state index contributed by atoms with van der Waals surface area (Å²) < 4.78 is 3.50. The van der Waals surface area contributed by atoms with Gasteiger partial charge < -0.3 is 4.85 Å². The Morgan fingerprint density at radius 3 is 1.80 bits per heavy atom. The molecule has 8 nitrogen and oxygen atoms in total. The molecular weight excluding hydrogens is 436 g/mol. The molecular formula is C27H26N8. The van der Waals surface area contributed by atoms with Crippen LogP contribution in [0.3, 0.4) is 0 Å². The zero-order valence-corrected chi connectivity index (χ0v) is 20.7. The van der Waals surface area contributed by atoms with Crippen molar-refractivity contribution in [1.29, 1.82) is 5.26 Å². The van der Waals surface area contributed by atoms with Crippen molar-refractivity contribution in [3.8, 4) is 17.7 Å². The number of fused-ring (bicyclic) bond motifs is 10. The molecule has 0 aromatic carbocycles. The maximum absolute atomic E-state index is 9.91. The molecule has 8 bridgehead atoms. The molecule has 0 amide bonds. The number of hydrogen-bond acceptors (Lipinski definition) is 5. The summed E-state index contributed by atoms with van der Waals surface area (Å²) in [7, 11) is 0. The monoisotopic (exact) mass is 462 g/mol. The van der Waals surface area contributed by atoms with Gasteiger partial charge in [0, 0.05) is 22.4 Å². The first-order chi connectivity index (χ1) is 16.5. The van der Waals surface area contributed by atoms with Crippen molar-refractivity contribution in [1.82, 2.24) is 29.1 Å². The Balaban J connectivity index is 1.89. The highest BCUT2D eigenvalue weighted by molar-refractivity contribution is 5.45. The van der Waals surface area contributed by atoms with Gasteiger partial charge in [-0.15, -0.1) is 6.57 Å². The molecule has 0 unspecified atom stereocenters. The van der Waals surface area contributed by atoms with E-state index < -0.39 is 16.2 Å². The molecule has 0 aliphatic carbocycles. The Kier molecular flexibility index (Phi) is 4.72. The molecule has 35 heavy (non-hydrogen) atoms. The van der Waals surface area contributed by atoms with Gasteiger partial charge in [0.2, 0.25) is 5.82 Å². The lowest BCUT2D eigenvalue weighted by molar-refractivity contribution is 0.290. The van der Waals surface area contributed by atoms with E-state index in [0.29, 0.717) is 11.6 Å². The van der Waals surface area contributed by atoms with Crippen molar-refractivity contribution in [3.05, 3.63) is 88.8 Å². The highest BCUT2D eigenvalue weighted by atomic mass is 15.2. The first-order valence-electron chi connectivity index (χ1n) is 11.4. The summed E-state index contributed by atoms with van der Waals surface area (Å²) in [5.41, 5.74) is 1.52. The van der Waals surface area contributed by atoms with Gasteiger partial charge in [-0.2, -0.15) is 10.2 Å². The number of nitriles is 1. The lowest BCUT2D eigenvalue weighted by atomic mass is 9.64. The highest BCUT2D eigenvalue weighted by Crippen LogP contribution is 2.44. The Hall–Kier alpha value is -4.30. The zero-order chi connectivity index (χ0) is 25.2. The molecule has 0 spiro atoms. The lowest BCUT2D eigenvalue weighted by Crippen LogP contribution is -2.41. The Bertz CT molecular complexity index is 1440. The van der Waals surface area contributed by atoms with Crippen LogP contribution in [0.1, 0.15) is 70.1 Å². The first-order valence-corrected chi connectivity index (χ1v) is 11.4. The van der Waals surface area contributed by atoms with Gasteiger partial charge >= 0.3 is 5.95 Å². The van der Waals surface area contributed by atoms with Gasteiger partial charge in [-0.1, -0.05) is 39.8 Å². The van der Waals surface area contributed by atoms with Gasteiger partial charge in [-0.3, -0.25) is 4.57 Å². The summed E-state index contributed by atoms with van der Waals surface area (Å²) in [5.74, 6) is 1.78. The zero-order valence-electron chi connectivity index (χ0n) is 20.7. The predicted molar refractivity (Wildman–Crippen MR) is 132 cm³/mol. The molecule has 1 aliphatic rings. The number of hydrogen-bond donors (Lipinski definition) is 0. The maximum Gasteiger partial charge on any atom is 0.345 e. The topological polar surface area (TPSA) is 89.6 Å². The van der Waals surface area contributed by atoms with E-state index in [1.165, 1.54) is 0 Å². The summed E-state index contributed by atoms with van der Waals surface area (Å²) in [6.07, 6.45) is 3.79. The van der Waals surface area contributed by atoms with E-state index in [2.05, 4.69) is 52.5 Å². The lowest BCUT2D eigenvalue weighted by Gasteiger charge is -2.38. The number of imidazole rings is 2. The van der Waals surface area contributed by atoms with E-state index in [-0.39, 0.29) is 11.8 Å².